The van der Waals surface area contributed by atoms with Gasteiger partial charge in [0.15, 0.2) is 5.11 Å². The highest BCUT2D eigenvalue weighted by molar-refractivity contribution is 9.10. The van der Waals surface area contributed by atoms with Crippen LogP contribution in [0.15, 0.2) is 40.9 Å². The van der Waals surface area contributed by atoms with Gasteiger partial charge in [-0.2, -0.15) is 0 Å². The smallest absolute Gasteiger partial charge is 0.271 e. The maximum absolute atomic E-state index is 12.7. The lowest BCUT2D eigenvalue weighted by molar-refractivity contribution is -0.384. The van der Waals surface area contributed by atoms with E-state index in [2.05, 4.69) is 33.5 Å². The second kappa shape index (κ2) is 10.1. The van der Waals surface area contributed by atoms with Crippen molar-refractivity contribution in [1.29, 1.82) is 0 Å². The molecule has 0 bridgehead atoms. The number of nitro benzene ring substituents is 1. The summed E-state index contributed by atoms with van der Waals surface area (Å²) in [5.74, 6) is 0.0249. The molecule has 0 aliphatic heterocycles. The fourth-order valence-corrected chi connectivity index (χ4v) is 2.88. The number of hydrogen-bond donors (Lipinski definition) is 2. The van der Waals surface area contributed by atoms with Crippen LogP contribution in [-0.2, 0) is 0 Å². The number of carbonyl (C=O) groups is 1. The maximum atomic E-state index is 12.7. The first-order chi connectivity index (χ1) is 13.3. The van der Waals surface area contributed by atoms with Gasteiger partial charge in [0.05, 0.1) is 17.1 Å². The number of carbonyl (C=O) groups excluding carboxylic acids is 1. The minimum absolute atomic E-state index is 0.0353. The van der Waals surface area contributed by atoms with Gasteiger partial charge in [0.2, 0.25) is 0 Å². The highest BCUT2D eigenvalue weighted by atomic mass is 79.9. The molecule has 0 aromatic heterocycles. The quantitative estimate of drug-likeness (QED) is 0.259. The van der Waals surface area contributed by atoms with Gasteiger partial charge in [-0.05, 0) is 49.3 Å². The molecule has 0 heterocycles. The third-order valence-corrected chi connectivity index (χ3v) is 4.55. The summed E-state index contributed by atoms with van der Waals surface area (Å²) in [6.07, 6.45) is 1.86. The molecule has 0 saturated heterocycles. The molecule has 0 aliphatic rings. The maximum Gasteiger partial charge on any atom is 0.271 e. The van der Waals surface area contributed by atoms with E-state index >= 15 is 0 Å². The molecule has 2 N–H and O–H groups in total. The van der Waals surface area contributed by atoms with Crippen molar-refractivity contribution >= 4 is 50.5 Å². The van der Waals surface area contributed by atoms with Crippen LogP contribution in [0, 0.1) is 17.0 Å². The van der Waals surface area contributed by atoms with Crippen LogP contribution in [0.4, 0.5) is 11.4 Å². The summed E-state index contributed by atoms with van der Waals surface area (Å²) in [4.78, 5) is 23.1. The first-order valence-corrected chi connectivity index (χ1v) is 9.81. The number of hydrogen-bond acceptors (Lipinski definition) is 5. The Balaban J connectivity index is 2.12. The Kier molecular flexibility index (Phi) is 7.89. The predicted octanol–water partition coefficient (Wildman–Crippen LogP) is 4.97. The summed E-state index contributed by atoms with van der Waals surface area (Å²) < 4.78 is 6.42. The molecule has 7 nitrogen and oxygen atoms in total. The lowest BCUT2D eigenvalue weighted by Crippen LogP contribution is -2.34. The van der Waals surface area contributed by atoms with E-state index in [0.29, 0.717) is 23.6 Å². The molecule has 0 unspecified atom stereocenters. The highest BCUT2D eigenvalue weighted by Gasteiger charge is 2.16. The minimum Gasteiger partial charge on any atom is -0.493 e. The molecule has 28 heavy (non-hydrogen) atoms. The fourth-order valence-electron chi connectivity index (χ4n) is 2.31. The molecule has 0 spiro atoms. The molecule has 0 radical (unpaired) electrons. The fraction of sp³-hybridized carbons (Fsp3) is 0.263. The van der Waals surface area contributed by atoms with Crippen molar-refractivity contribution in [2.24, 2.45) is 0 Å². The summed E-state index contributed by atoms with van der Waals surface area (Å²) in [5, 5.41) is 16.4. The number of nitrogens with one attached hydrogen (secondary N) is 2. The number of amides is 1. The van der Waals surface area contributed by atoms with Gasteiger partial charge in [0, 0.05) is 22.3 Å². The van der Waals surface area contributed by atoms with Crippen molar-refractivity contribution in [2.45, 2.75) is 26.7 Å². The molecule has 9 heteroatoms. The molecule has 1 amide bonds. The van der Waals surface area contributed by atoms with E-state index < -0.39 is 10.8 Å². The topological polar surface area (TPSA) is 93.5 Å². The predicted molar refractivity (Wildman–Crippen MR) is 116 cm³/mol. The number of thiocarbonyl (C=S) groups is 1. The molecular formula is C19H20BrN3O4S. The van der Waals surface area contributed by atoms with Crippen LogP contribution in [0.2, 0.25) is 0 Å². The first-order valence-electron chi connectivity index (χ1n) is 8.61. The summed E-state index contributed by atoms with van der Waals surface area (Å²) >= 11 is 8.55. The molecule has 2 rings (SSSR count). The molecule has 148 valence electrons. The van der Waals surface area contributed by atoms with E-state index in [1.165, 1.54) is 12.1 Å². The van der Waals surface area contributed by atoms with Crippen LogP contribution in [-0.4, -0.2) is 22.5 Å². The van der Waals surface area contributed by atoms with Crippen molar-refractivity contribution in [3.05, 3.63) is 62.1 Å². The average molecular weight is 466 g/mol. The number of anilines is 1. The standard InChI is InChI=1S/C19H20BrN3O4S/c1-3-4-9-27-17-8-6-13(20)10-15(17)18(24)22-19(28)21-16-11-14(23(25)26)7-5-12(16)2/h5-8,10-11H,3-4,9H2,1-2H3,(H2,21,22,24,28). The zero-order valence-corrected chi connectivity index (χ0v) is 17.9. The third-order valence-electron chi connectivity index (χ3n) is 3.85. The zero-order valence-electron chi connectivity index (χ0n) is 15.5. The zero-order chi connectivity index (χ0) is 20.7. The van der Waals surface area contributed by atoms with Crippen LogP contribution >= 0.6 is 28.1 Å². The monoisotopic (exact) mass is 465 g/mol. The number of rotatable bonds is 7. The number of aryl methyl sites for hydroxylation is 1. The van der Waals surface area contributed by atoms with Gasteiger partial charge in [0.25, 0.3) is 11.6 Å². The molecule has 0 fully saturated rings. The Labute approximate surface area is 176 Å². The Hall–Kier alpha value is -2.52. The van der Waals surface area contributed by atoms with Crippen LogP contribution in [0.25, 0.3) is 0 Å². The third kappa shape index (κ3) is 6.00. The van der Waals surface area contributed by atoms with E-state index in [1.807, 2.05) is 0 Å². The Bertz CT molecular complexity index is 905. The van der Waals surface area contributed by atoms with E-state index in [4.69, 9.17) is 17.0 Å². The van der Waals surface area contributed by atoms with E-state index in [9.17, 15) is 14.9 Å². The van der Waals surface area contributed by atoms with Crippen LogP contribution < -0.4 is 15.4 Å². The van der Waals surface area contributed by atoms with Crippen molar-refractivity contribution in [3.8, 4) is 5.75 Å². The van der Waals surface area contributed by atoms with Crippen molar-refractivity contribution < 1.29 is 14.5 Å². The lowest BCUT2D eigenvalue weighted by atomic mass is 10.2. The van der Waals surface area contributed by atoms with Gasteiger partial charge in [-0.1, -0.05) is 35.3 Å². The number of ether oxygens (including phenoxy) is 1. The number of nitrogens with zero attached hydrogens (tertiary/aromatic N) is 1. The number of non-ortho nitro benzene ring substituents is 1. The van der Waals surface area contributed by atoms with Crippen LogP contribution in [0.3, 0.4) is 0 Å². The summed E-state index contributed by atoms with van der Waals surface area (Å²) in [6, 6.07) is 9.55. The van der Waals surface area contributed by atoms with Crippen molar-refractivity contribution in [3.63, 3.8) is 0 Å². The van der Waals surface area contributed by atoms with E-state index in [-0.39, 0.29) is 10.8 Å². The highest BCUT2D eigenvalue weighted by Crippen LogP contribution is 2.24. The summed E-state index contributed by atoms with van der Waals surface area (Å²) in [7, 11) is 0. The largest absolute Gasteiger partial charge is 0.493 e. The summed E-state index contributed by atoms with van der Waals surface area (Å²) in [5.41, 5.74) is 1.48. The van der Waals surface area contributed by atoms with Crippen LogP contribution in [0.1, 0.15) is 35.7 Å². The van der Waals surface area contributed by atoms with Crippen molar-refractivity contribution in [1.82, 2.24) is 5.32 Å². The molecule has 2 aromatic rings. The van der Waals surface area contributed by atoms with Gasteiger partial charge in [0.1, 0.15) is 5.75 Å². The van der Waals surface area contributed by atoms with Gasteiger partial charge < -0.3 is 10.1 Å². The Morgan fingerprint density at radius 2 is 2.04 bits per heavy atom. The second-order valence-corrected chi connectivity index (χ2v) is 7.33. The Morgan fingerprint density at radius 3 is 2.71 bits per heavy atom. The minimum atomic E-state index is -0.492. The summed E-state index contributed by atoms with van der Waals surface area (Å²) in [6.45, 7) is 4.34. The van der Waals surface area contributed by atoms with E-state index in [1.54, 1.807) is 31.2 Å². The molecule has 0 aliphatic carbocycles. The molecule has 0 atom stereocenters. The van der Waals surface area contributed by atoms with Gasteiger partial charge >= 0.3 is 0 Å². The Morgan fingerprint density at radius 1 is 1.29 bits per heavy atom. The number of benzene rings is 2. The van der Waals surface area contributed by atoms with Crippen molar-refractivity contribution in [2.75, 3.05) is 11.9 Å². The second-order valence-electron chi connectivity index (χ2n) is 6.01. The SMILES string of the molecule is CCCCOc1ccc(Br)cc1C(=O)NC(=S)Nc1cc([N+](=O)[O-])ccc1C. The normalized spacial score (nSPS) is 10.2. The van der Waals surface area contributed by atoms with E-state index in [0.717, 1.165) is 22.9 Å². The number of halogens is 1. The first kappa shape index (κ1) is 21.8. The lowest BCUT2D eigenvalue weighted by Gasteiger charge is -2.14. The van der Waals surface area contributed by atoms with Gasteiger partial charge in [-0.25, -0.2) is 0 Å². The molecule has 0 saturated carbocycles. The van der Waals surface area contributed by atoms with Gasteiger partial charge in [-0.3, -0.25) is 20.2 Å². The average Bonchev–Trinajstić information content (AvgIpc) is 2.64. The number of unbranched alkanes of at least 4 members (excludes halogenated alkanes) is 1. The molecular weight excluding hydrogens is 446 g/mol. The van der Waals surface area contributed by atoms with Crippen LogP contribution in [0.5, 0.6) is 5.75 Å². The number of nitro groups is 1. The molecule has 2 aromatic carbocycles. The van der Waals surface area contributed by atoms with Gasteiger partial charge in [-0.15, -0.1) is 0 Å².